The fourth-order valence-corrected chi connectivity index (χ4v) is 2.36. The minimum atomic E-state index is -0.188. The van der Waals surface area contributed by atoms with Gasteiger partial charge in [-0.1, -0.05) is 23.7 Å². The molecule has 2 heterocycles. The molecule has 96 valence electrons. The van der Waals surface area contributed by atoms with Crippen LogP contribution in [-0.2, 0) is 13.0 Å². The van der Waals surface area contributed by atoms with Gasteiger partial charge in [-0.15, -0.1) is 5.10 Å². The van der Waals surface area contributed by atoms with Crippen molar-refractivity contribution in [2.75, 3.05) is 6.54 Å². The minimum absolute atomic E-state index is 0.188. The van der Waals surface area contributed by atoms with Crippen molar-refractivity contribution >= 4 is 17.4 Å². The van der Waals surface area contributed by atoms with Crippen LogP contribution in [-0.4, -0.2) is 22.5 Å². The van der Waals surface area contributed by atoms with Crippen molar-refractivity contribution in [3.8, 4) is 0 Å². The number of nitrogens with one attached hydrogen (secondary N) is 1. The number of carbonyl (C=O) groups is 1. The summed E-state index contributed by atoms with van der Waals surface area (Å²) in [6, 6.07) is 8.78. The first-order chi connectivity index (χ1) is 9.25. The summed E-state index contributed by atoms with van der Waals surface area (Å²) in [5.74, 6) is -0.188. The Balaban J connectivity index is 1.98. The molecule has 0 saturated heterocycles. The van der Waals surface area contributed by atoms with Gasteiger partial charge in [0.2, 0.25) is 5.78 Å². The van der Waals surface area contributed by atoms with Crippen LogP contribution in [0.5, 0.6) is 0 Å². The lowest BCUT2D eigenvalue weighted by Crippen LogP contribution is -2.25. The van der Waals surface area contributed by atoms with E-state index >= 15 is 0 Å². The largest absolute Gasteiger partial charge is 0.312 e. The van der Waals surface area contributed by atoms with Crippen molar-refractivity contribution in [1.29, 1.82) is 0 Å². The van der Waals surface area contributed by atoms with Crippen LogP contribution in [0, 0.1) is 0 Å². The Bertz CT molecular complexity index is 642. The van der Waals surface area contributed by atoms with Gasteiger partial charge in [0, 0.05) is 25.1 Å². The smallest absolute Gasteiger partial charge is 0.214 e. The Morgan fingerprint density at radius 2 is 2.11 bits per heavy atom. The molecule has 1 aromatic heterocycles. The van der Waals surface area contributed by atoms with E-state index in [4.69, 9.17) is 11.6 Å². The van der Waals surface area contributed by atoms with Crippen LogP contribution in [0.1, 0.15) is 27.3 Å². The summed E-state index contributed by atoms with van der Waals surface area (Å²) >= 11 is 6.03. The summed E-state index contributed by atoms with van der Waals surface area (Å²) in [5, 5.41) is 11.9. The number of carbonyl (C=O) groups excluding carboxylic acids is 1. The topological polar surface area (TPSA) is 54.9 Å². The number of aromatic nitrogens is 2. The predicted molar refractivity (Wildman–Crippen MR) is 72.3 cm³/mol. The predicted octanol–water partition coefficient (Wildman–Crippen LogP) is 2.01. The third-order valence-corrected chi connectivity index (χ3v) is 3.49. The molecule has 0 spiro atoms. The van der Waals surface area contributed by atoms with Crippen LogP contribution in [0.3, 0.4) is 0 Å². The van der Waals surface area contributed by atoms with Gasteiger partial charge in [-0.05, 0) is 23.8 Å². The van der Waals surface area contributed by atoms with Gasteiger partial charge in [-0.2, -0.15) is 5.10 Å². The highest BCUT2D eigenvalue weighted by atomic mass is 35.5. The van der Waals surface area contributed by atoms with Gasteiger partial charge >= 0.3 is 0 Å². The summed E-state index contributed by atoms with van der Waals surface area (Å²) in [4.78, 5) is 12.3. The first-order valence-electron chi connectivity index (χ1n) is 6.11. The molecule has 0 radical (unpaired) electrons. The van der Waals surface area contributed by atoms with Crippen LogP contribution in [0.15, 0.2) is 30.3 Å². The third-order valence-electron chi connectivity index (χ3n) is 3.17. The van der Waals surface area contributed by atoms with Crippen molar-refractivity contribution in [1.82, 2.24) is 15.5 Å². The summed E-state index contributed by atoms with van der Waals surface area (Å²) in [6.07, 6.45) is 0.850. The zero-order chi connectivity index (χ0) is 13.2. The summed E-state index contributed by atoms with van der Waals surface area (Å²) < 4.78 is 0. The number of benzene rings is 1. The molecule has 1 aliphatic heterocycles. The van der Waals surface area contributed by atoms with Crippen molar-refractivity contribution in [2.45, 2.75) is 13.0 Å². The monoisotopic (exact) mass is 273 g/mol. The van der Waals surface area contributed by atoms with E-state index in [2.05, 4.69) is 15.5 Å². The van der Waals surface area contributed by atoms with E-state index in [1.165, 1.54) is 0 Å². The Hall–Kier alpha value is -1.78. The van der Waals surface area contributed by atoms with Crippen LogP contribution >= 0.6 is 11.6 Å². The number of hydrogen-bond acceptors (Lipinski definition) is 4. The first kappa shape index (κ1) is 12.3. The average molecular weight is 274 g/mol. The molecular weight excluding hydrogens is 262 g/mol. The molecule has 2 aromatic rings. The summed E-state index contributed by atoms with van der Waals surface area (Å²) in [6.45, 7) is 1.63. The van der Waals surface area contributed by atoms with Crippen molar-refractivity contribution < 1.29 is 4.79 Å². The van der Waals surface area contributed by atoms with Gasteiger partial charge in [-0.25, -0.2) is 0 Å². The van der Waals surface area contributed by atoms with E-state index < -0.39 is 0 Å². The highest BCUT2D eigenvalue weighted by molar-refractivity contribution is 6.34. The van der Waals surface area contributed by atoms with Crippen LogP contribution in [0.2, 0.25) is 5.02 Å². The summed E-state index contributed by atoms with van der Waals surface area (Å²) in [7, 11) is 0. The van der Waals surface area contributed by atoms with Crippen molar-refractivity contribution in [3.05, 3.63) is 57.9 Å². The summed E-state index contributed by atoms with van der Waals surface area (Å²) in [5.41, 5.74) is 2.81. The molecule has 0 fully saturated rings. The Morgan fingerprint density at radius 1 is 1.26 bits per heavy atom. The second-order valence-corrected chi connectivity index (χ2v) is 4.84. The third kappa shape index (κ3) is 2.37. The lowest BCUT2D eigenvalue weighted by molar-refractivity contribution is 0.103. The first-order valence-corrected chi connectivity index (χ1v) is 6.49. The molecule has 3 rings (SSSR count). The number of fused-ring (bicyclic) bond motifs is 1. The second-order valence-electron chi connectivity index (χ2n) is 4.44. The molecule has 0 aliphatic carbocycles. The molecule has 4 nitrogen and oxygen atoms in total. The molecule has 0 unspecified atom stereocenters. The van der Waals surface area contributed by atoms with Gasteiger partial charge in [0.1, 0.15) is 5.69 Å². The second kappa shape index (κ2) is 5.07. The van der Waals surface area contributed by atoms with Gasteiger partial charge in [-0.3, -0.25) is 4.79 Å². The van der Waals surface area contributed by atoms with E-state index in [9.17, 15) is 4.79 Å². The maximum atomic E-state index is 12.3. The van der Waals surface area contributed by atoms with E-state index in [-0.39, 0.29) is 5.78 Å². The van der Waals surface area contributed by atoms with Gasteiger partial charge < -0.3 is 5.32 Å². The van der Waals surface area contributed by atoms with E-state index in [1.807, 2.05) is 0 Å². The van der Waals surface area contributed by atoms with Crippen LogP contribution in [0.25, 0.3) is 0 Å². The zero-order valence-corrected chi connectivity index (χ0v) is 10.9. The van der Waals surface area contributed by atoms with Crippen molar-refractivity contribution in [3.63, 3.8) is 0 Å². The molecule has 0 bridgehead atoms. The fraction of sp³-hybridized carbons (Fsp3) is 0.214. The van der Waals surface area contributed by atoms with Gasteiger partial charge in [0.05, 0.1) is 10.7 Å². The van der Waals surface area contributed by atoms with Crippen molar-refractivity contribution in [2.24, 2.45) is 0 Å². The Labute approximate surface area is 115 Å². The van der Waals surface area contributed by atoms with Gasteiger partial charge in [0.15, 0.2) is 0 Å². The standard InChI is InChI=1S/C14H12ClN3O/c15-11-4-2-1-3-10(11)14(19)13-7-9-8-16-6-5-12(9)17-18-13/h1-4,7,16H,5-6,8H2. The SMILES string of the molecule is O=C(c1cc2c(nn1)CCNC2)c1ccccc1Cl. The highest BCUT2D eigenvalue weighted by Gasteiger charge is 2.18. The zero-order valence-electron chi connectivity index (χ0n) is 10.2. The molecule has 19 heavy (non-hydrogen) atoms. The molecular formula is C14H12ClN3O. The molecule has 0 atom stereocenters. The number of halogens is 1. The Kier molecular flexibility index (Phi) is 3.27. The lowest BCUT2D eigenvalue weighted by Gasteiger charge is -2.15. The van der Waals surface area contributed by atoms with Gasteiger partial charge in [0.25, 0.3) is 0 Å². The normalized spacial score (nSPS) is 13.9. The maximum Gasteiger partial charge on any atom is 0.214 e. The van der Waals surface area contributed by atoms with Crippen LogP contribution < -0.4 is 5.32 Å². The Morgan fingerprint density at radius 3 is 2.95 bits per heavy atom. The number of ketones is 1. The number of hydrogen-bond donors (Lipinski definition) is 1. The van der Waals surface area contributed by atoms with E-state index in [0.29, 0.717) is 16.3 Å². The molecule has 5 heteroatoms. The van der Waals surface area contributed by atoms with E-state index in [1.54, 1.807) is 30.3 Å². The number of rotatable bonds is 2. The quantitative estimate of drug-likeness (QED) is 0.851. The maximum absolute atomic E-state index is 12.3. The molecule has 0 saturated carbocycles. The minimum Gasteiger partial charge on any atom is -0.312 e. The molecule has 0 amide bonds. The van der Waals surface area contributed by atoms with Crippen LogP contribution in [0.4, 0.5) is 0 Å². The molecule has 1 aromatic carbocycles. The van der Waals surface area contributed by atoms with E-state index in [0.717, 1.165) is 30.8 Å². The lowest BCUT2D eigenvalue weighted by atomic mass is 10.0. The average Bonchev–Trinajstić information content (AvgIpc) is 2.46. The molecule has 1 aliphatic rings. The number of nitrogens with zero attached hydrogens (tertiary/aromatic N) is 2. The molecule has 1 N–H and O–H groups in total. The fourth-order valence-electron chi connectivity index (χ4n) is 2.14. The highest BCUT2D eigenvalue weighted by Crippen LogP contribution is 2.19.